The van der Waals surface area contributed by atoms with E-state index in [1.165, 1.54) is 33.1 Å². The zero-order valence-electron chi connectivity index (χ0n) is 17.1. The Morgan fingerprint density at radius 2 is 1.83 bits per heavy atom. The maximum atomic E-state index is 14.6. The van der Waals surface area contributed by atoms with Gasteiger partial charge in [0.1, 0.15) is 17.4 Å². The number of carbonyl (C=O) groups is 1. The third kappa shape index (κ3) is 4.69. The van der Waals surface area contributed by atoms with Crippen LogP contribution in [-0.4, -0.2) is 43.7 Å². The minimum absolute atomic E-state index is 0.0133. The number of esters is 1. The zero-order chi connectivity index (χ0) is 22.7. The largest absolute Gasteiger partial charge is 0.497 e. The first-order valence-electron chi connectivity index (χ1n) is 9.05. The number of ether oxygens (including phenoxy) is 2. The van der Waals surface area contributed by atoms with Crippen molar-refractivity contribution in [2.24, 2.45) is 0 Å². The van der Waals surface area contributed by atoms with E-state index in [2.05, 4.69) is 0 Å². The van der Waals surface area contributed by atoms with Gasteiger partial charge in [-0.25, -0.2) is 17.2 Å². The monoisotopic (exact) mass is 443 g/mol. The molecule has 0 aliphatic carbocycles. The predicted octanol–water partition coefficient (Wildman–Crippen LogP) is 2.56. The van der Waals surface area contributed by atoms with E-state index in [9.17, 15) is 26.8 Å². The normalized spacial score (nSPS) is 13.5. The number of pyridine rings is 1. The molecule has 2 aromatic rings. The van der Waals surface area contributed by atoms with Crippen LogP contribution in [0.4, 0.5) is 8.78 Å². The van der Waals surface area contributed by atoms with E-state index in [1.807, 2.05) is 0 Å². The van der Waals surface area contributed by atoms with Crippen molar-refractivity contribution in [3.63, 3.8) is 0 Å². The van der Waals surface area contributed by atoms with E-state index in [-0.39, 0.29) is 36.4 Å². The lowest BCUT2D eigenvalue weighted by Crippen LogP contribution is -2.45. The van der Waals surface area contributed by atoms with Crippen LogP contribution in [-0.2, 0) is 25.9 Å². The number of carbonyl (C=O) groups excluding carboxylic acids is 1. The maximum Gasteiger partial charge on any atom is 0.327 e. The minimum Gasteiger partial charge on any atom is -0.497 e. The van der Waals surface area contributed by atoms with Gasteiger partial charge in [-0.1, -0.05) is 0 Å². The number of aromatic nitrogens is 1. The summed E-state index contributed by atoms with van der Waals surface area (Å²) in [5, 5.41) is 0. The molecule has 0 saturated heterocycles. The summed E-state index contributed by atoms with van der Waals surface area (Å²) in [7, 11) is -2.53. The first-order chi connectivity index (χ1) is 13.9. The molecule has 7 nitrogen and oxygen atoms in total. The van der Waals surface area contributed by atoms with Gasteiger partial charge in [-0.2, -0.15) is 0 Å². The van der Waals surface area contributed by atoms with Gasteiger partial charge in [0.25, 0.3) is 5.56 Å². The van der Waals surface area contributed by atoms with Crippen LogP contribution in [0.15, 0.2) is 35.3 Å². The molecule has 30 heavy (non-hydrogen) atoms. The van der Waals surface area contributed by atoms with Gasteiger partial charge in [0.05, 0.1) is 13.7 Å². The van der Waals surface area contributed by atoms with Crippen molar-refractivity contribution in [2.75, 3.05) is 20.0 Å². The molecule has 1 atom stereocenters. The number of methoxy groups -OCH3 is 1. The summed E-state index contributed by atoms with van der Waals surface area (Å²) in [5.41, 5.74) is -1.04. The molecule has 164 valence electrons. The van der Waals surface area contributed by atoms with Crippen molar-refractivity contribution < 1.29 is 31.5 Å². The van der Waals surface area contributed by atoms with Crippen molar-refractivity contribution in [1.29, 1.82) is 0 Å². The first kappa shape index (κ1) is 23.5. The molecule has 0 N–H and O–H groups in total. The van der Waals surface area contributed by atoms with Crippen LogP contribution in [0, 0.1) is 11.6 Å². The summed E-state index contributed by atoms with van der Waals surface area (Å²) in [6.45, 7) is 2.46. The molecule has 1 aromatic heterocycles. The molecule has 2 rings (SSSR count). The Bertz CT molecular complexity index is 1110. The van der Waals surface area contributed by atoms with Crippen LogP contribution >= 0.6 is 0 Å². The summed E-state index contributed by atoms with van der Waals surface area (Å²) in [6.07, 6.45) is 1.44. The topological polar surface area (TPSA) is 91.7 Å². The lowest BCUT2D eigenvalue weighted by molar-refractivity contribution is -0.146. The van der Waals surface area contributed by atoms with Crippen LogP contribution in [0.5, 0.6) is 5.75 Å². The average molecular weight is 443 g/mol. The molecule has 0 aliphatic rings. The van der Waals surface area contributed by atoms with Crippen LogP contribution in [0.2, 0.25) is 0 Å². The van der Waals surface area contributed by atoms with E-state index in [4.69, 9.17) is 9.47 Å². The van der Waals surface area contributed by atoms with E-state index in [0.717, 1.165) is 29.2 Å². The lowest BCUT2D eigenvalue weighted by atomic mass is 10.0. The Morgan fingerprint density at radius 1 is 1.17 bits per heavy atom. The second-order valence-corrected chi connectivity index (χ2v) is 9.33. The van der Waals surface area contributed by atoms with Gasteiger partial charge in [0.2, 0.25) is 0 Å². The molecule has 0 radical (unpaired) electrons. The van der Waals surface area contributed by atoms with Crippen molar-refractivity contribution in [3.8, 4) is 16.9 Å². The highest BCUT2D eigenvalue weighted by Crippen LogP contribution is 2.28. The van der Waals surface area contributed by atoms with Gasteiger partial charge < -0.3 is 14.0 Å². The molecule has 1 aromatic carbocycles. The summed E-state index contributed by atoms with van der Waals surface area (Å²) >= 11 is 0. The Hall–Kier alpha value is -2.75. The second kappa shape index (κ2) is 8.95. The van der Waals surface area contributed by atoms with E-state index < -0.39 is 37.7 Å². The van der Waals surface area contributed by atoms with Crippen LogP contribution in [0.3, 0.4) is 0 Å². The number of nitrogens with zero attached hydrogens (tertiary/aromatic N) is 1. The molecule has 0 saturated carbocycles. The summed E-state index contributed by atoms with van der Waals surface area (Å²) < 4.78 is 62.0. The number of aryl methyl sites for hydroxylation is 1. The fourth-order valence-electron chi connectivity index (χ4n) is 2.82. The molecule has 1 heterocycles. The number of rotatable bonds is 8. The third-order valence-electron chi connectivity index (χ3n) is 4.90. The highest BCUT2D eigenvalue weighted by atomic mass is 32.2. The number of hydrogen-bond donors (Lipinski definition) is 0. The number of sulfone groups is 1. The predicted molar refractivity (Wildman–Crippen MR) is 107 cm³/mol. The molecule has 10 heteroatoms. The number of hydrogen-bond acceptors (Lipinski definition) is 6. The van der Waals surface area contributed by atoms with E-state index in [0.29, 0.717) is 0 Å². The van der Waals surface area contributed by atoms with Gasteiger partial charge in [-0.05, 0) is 32.4 Å². The molecular formula is C20H23F2NO6S. The van der Waals surface area contributed by atoms with E-state index in [1.54, 1.807) is 0 Å². The standard InChI is InChI=1S/C20H23F2NO6S/c1-5-29-19(25)20(2,30(4,26)27)8-9-23-12-17(22)15(11-18(23)24)14-7-6-13(28-3)10-16(14)21/h6-7,10-12H,5,8-9H2,1-4H3. The minimum atomic E-state index is -3.89. The van der Waals surface area contributed by atoms with Crippen molar-refractivity contribution >= 4 is 15.8 Å². The molecule has 0 amide bonds. The smallest absolute Gasteiger partial charge is 0.327 e. The Kier molecular flexibility index (Phi) is 7.02. The second-order valence-electron chi connectivity index (χ2n) is 6.89. The summed E-state index contributed by atoms with van der Waals surface area (Å²) in [6, 6.07) is 4.71. The van der Waals surface area contributed by atoms with Crippen molar-refractivity contribution in [3.05, 3.63) is 52.5 Å². The van der Waals surface area contributed by atoms with Gasteiger partial charge in [0, 0.05) is 42.3 Å². The first-order valence-corrected chi connectivity index (χ1v) is 10.9. The van der Waals surface area contributed by atoms with Gasteiger partial charge >= 0.3 is 5.97 Å². The molecule has 0 aliphatic heterocycles. The third-order valence-corrected chi connectivity index (χ3v) is 6.91. The quantitative estimate of drug-likeness (QED) is 0.583. The fraction of sp³-hybridized carbons (Fsp3) is 0.400. The lowest BCUT2D eigenvalue weighted by Gasteiger charge is -2.25. The fourth-order valence-corrected chi connectivity index (χ4v) is 3.65. The van der Waals surface area contributed by atoms with Crippen LogP contribution in [0.1, 0.15) is 20.3 Å². The zero-order valence-corrected chi connectivity index (χ0v) is 17.9. The number of halogens is 2. The van der Waals surface area contributed by atoms with Crippen molar-refractivity contribution in [2.45, 2.75) is 31.6 Å². The number of benzene rings is 1. The maximum absolute atomic E-state index is 14.6. The molecule has 0 fully saturated rings. The molecule has 0 spiro atoms. The summed E-state index contributed by atoms with van der Waals surface area (Å²) in [5.74, 6) is -2.35. The van der Waals surface area contributed by atoms with Crippen LogP contribution in [0.25, 0.3) is 11.1 Å². The SMILES string of the molecule is CCOC(=O)C(C)(CCn1cc(F)c(-c2ccc(OC)cc2F)cc1=O)S(C)(=O)=O. The van der Waals surface area contributed by atoms with Gasteiger partial charge in [-0.15, -0.1) is 0 Å². The molecule has 0 bridgehead atoms. The Labute approximate surface area is 173 Å². The Morgan fingerprint density at radius 3 is 2.37 bits per heavy atom. The van der Waals surface area contributed by atoms with Crippen molar-refractivity contribution in [1.82, 2.24) is 4.57 Å². The highest BCUT2D eigenvalue weighted by Gasteiger charge is 2.44. The Balaban J connectivity index is 2.38. The molecular weight excluding hydrogens is 420 g/mol. The average Bonchev–Trinajstić information content (AvgIpc) is 2.67. The van der Waals surface area contributed by atoms with Crippen LogP contribution < -0.4 is 10.3 Å². The molecule has 1 unspecified atom stereocenters. The summed E-state index contributed by atoms with van der Waals surface area (Å²) in [4.78, 5) is 24.6. The van der Waals surface area contributed by atoms with E-state index >= 15 is 0 Å². The van der Waals surface area contributed by atoms with Gasteiger partial charge in [-0.3, -0.25) is 9.59 Å². The highest BCUT2D eigenvalue weighted by molar-refractivity contribution is 7.92. The van der Waals surface area contributed by atoms with Gasteiger partial charge in [0.15, 0.2) is 14.6 Å².